The van der Waals surface area contributed by atoms with E-state index in [2.05, 4.69) is 10.1 Å². The van der Waals surface area contributed by atoms with E-state index >= 15 is 0 Å². The first-order valence-electron chi connectivity index (χ1n) is 7.04. The second-order valence-corrected chi connectivity index (χ2v) is 6.90. The van der Waals surface area contributed by atoms with Crippen molar-refractivity contribution in [1.29, 1.82) is 0 Å². The molecule has 112 valence electrons. The molecule has 0 unspecified atom stereocenters. The molecular formula is C14H23N3O2S. The lowest BCUT2D eigenvalue weighted by Gasteiger charge is -2.27. The molecule has 2 N–H and O–H groups in total. The Labute approximate surface area is 121 Å². The van der Waals surface area contributed by atoms with Gasteiger partial charge in [-0.15, -0.1) is 4.83 Å². The Balaban J connectivity index is 2.21. The van der Waals surface area contributed by atoms with Gasteiger partial charge in [-0.3, -0.25) is 0 Å². The predicted molar refractivity (Wildman–Crippen MR) is 79.7 cm³/mol. The smallest absolute Gasteiger partial charge is 0.253 e. The van der Waals surface area contributed by atoms with Crippen molar-refractivity contribution < 1.29 is 8.42 Å². The summed E-state index contributed by atoms with van der Waals surface area (Å²) in [6.45, 7) is 4.06. The number of benzene rings is 1. The van der Waals surface area contributed by atoms with Gasteiger partial charge in [0.05, 0.1) is 4.90 Å². The summed E-state index contributed by atoms with van der Waals surface area (Å²) in [6.07, 6.45) is 3.26. The molecule has 1 aromatic carbocycles. The topological polar surface area (TPSA) is 61.4 Å². The number of sulfonamides is 1. The molecule has 5 nitrogen and oxygen atoms in total. The Morgan fingerprint density at radius 3 is 2.55 bits per heavy atom. The average molecular weight is 297 g/mol. The number of rotatable bonds is 5. The highest BCUT2D eigenvalue weighted by atomic mass is 32.2. The number of nitrogens with one attached hydrogen (secondary N) is 2. The van der Waals surface area contributed by atoms with Crippen molar-refractivity contribution in [2.24, 2.45) is 0 Å². The van der Waals surface area contributed by atoms with E-state index in [0.717, 1.165) is 37.1 Å². The first kappa shape index (κ1) is 15.4. The SMILES string of the molecule is CNCc1ccc(C)c(S(=O)(=O)NN2CCCCC2)c1. The van der Waals surface area contributed by atoms with E-state index in [0.29, 0.717) is 11.4 Å². The van der Waals surface area contributed by atoms with E-state index in [-0.39, 0.29) is 0 Å². The van der Waals surface area contributed by atoms with Crippen LogP contribution in [0.3, 0.4) is 0 Å². The zero-order valence-electron chi connectivity index (χ0n) is 12.1. The highest BCUT2D eigenvalue weighted by Crippen LogP contribution is 2.18. The van der Waals surface area contributed by atoms with Gasteiger partial charge in [0.1, 0.15) is 0 Å². The lowest BCUT2D eigenvalue weighted by Crippen LogP contribution is -2.45. The van der Waals surface area contributed by atoms with Crippen molar-refractivity contribution in [1.82, 2.24) is 15.2 Å². The Bertz CT molecular complexity index is 552. The number of hydrazine groups is 1. The molecule has 1 aromatic rings. The largest absolute Gasteiger partial charge is 0.316 e. The van der Waals surface area contributed by atoms with E-state index in [9.17, 15) is 8.42 Å². The first-order chi connectivity index (χ1) is 9.53. The van der Waals surface area contributed by atoms with Crippen molar-refractivity contribution in [2.75, 3.05) is 20.1 Å². The van der Waals surface area contributed by atoms with Gasteiger partial charge < -0.3 is 5.32 Å². The highest BCUT2D eigenvalue weighted by molar-refractivity contribution is 7.89. The third-order valence-electron chi connectivity index (χ3n) is 3.53. The maximum absolute atomic E-state index is 12.5. The van der Waals surface area contributed by atoms with Crippen molar-refractivity contribution in [2.45, 2.75) is 37.6 Å². The molecule has 1 saturated heterocycles. The third-order valence-corrected chi connectivity index (χ3v) is 5.05. The minimum Gasteiger partial charge on any atom is -0.316 e. The molecule has 0 aromatic heterocycles. The van der Waals surface area contributed by atoms with E-state index in [4.69, 9.17) is 0 Å². The van der Waals surface area contributed by atoms with Crippen LogP contribution in [-0.2, 0) is 16.6 Å². The number of piperidine rings is 1. The van der Waals surface area contributed by atoms with Crippen LogP contribution in [0.25, 0.3) is 0 Å². The summed E-state index contributed by atoms with van der Waals surface area (Å²) in [7, 11) is -1.64. The van der Waals surface area contributed by atoms with Gasteiger partial charge in [0.2, 0.25) is 0 Å². The molecule has 0 amide bonds. The molecular weight excluding hydrogens is 274 g/mol. The predicted octanol–water partition coefficient (Wildman–Crippen LogP) is 1.39. The molecule has 2 rings (SSSR count). The average Bonchev–Trinajstić information content (AvgIpc) is 2.42. The number of nitrogens with zero attached hydrogens (tertiary/aromatic N) is 1. The molecule has 0 atom stereocenters. The van der Waals surface area contributed by atoms with Crippen LogP contribution in [0, 0.1) is 6.92 Å². The molecule has 0 saturated carbocycles. The molecule has 6 heteroatoms. The molecule has 0 bridgehead atoms. The molecule has 1 fully saturated rings. The Morgan fingerprint density at radius 1 is 1.20 bits per heavy atom. The van der Waals surface area contributed by atoms with Gasteiger partial charge in [-0.2, -0.15) is 0 Å². The maximum Gasteiger partial charge on any atom is 0.253 e. The molecule has 0 aliphatic carbocycles. The summed E-state index contributed by atoms with van der Waals surface area (Å²) >= 11 is 0. The lowest BCUT2D eigenvalue weighted by atomic mass is 10.1. The summed E-state index contributed by atoms with van der Waals surface area (Å²) in [5.41, 5.74) is 1.74. The van der Waals surface area contributed by atoms with Crippen LogP contribution in [0.1, 0.15) is 30.4 Å². The third kappa shape index (κ3) is 3.79. The highest BCUT2D eigenvalue weighted by Gasteiger charge is 2.21. The quantitative estimate of drug-likeness (QED) is 0.862. The number of hydrogen-bond donors (Lipinski definition) is 2. The minimum absolute atomic E-state index is 0.371. The standard InChI is InChI=1S/C14H23N3O2S/c1-12-6-7-13(11-15-2)10-14(12)20(18,19)16-17-8-4-3-5-9-17/h6-7,10,15-16H,3-5,8-9,11H2,1-2H3. The van der Waals surface area contributed by atoms with Crippen LogP contribution >= 0.6 is 0 Å². The Kier molecular flexibility index (Phi) is 5.15. The number of hydrogen-bond acceptors (Lipinski definition) is 4. The monoisotopic (exact) mass is 297 g/mol. The van der Waals surface area contributed by atoms with Crippen LogP contribution in [0.2, 0.25) is 0 Å². The van der Waals surface area contributed by atoms with Crippen LogP contribution < -0.4 is 10.1 Å². The molecule has 0 radical (unpaired) electrons. The van der Waals surface area contributed by atoms with Crippen molar-refractivity contribution >= 4 is 10.0 Å². The molecule has 0 spiro atoms. The van der Waals surface area contributed by atoms with Crippen LogP contribution in [-0.4, -0.2) is 33.6 Å². The Morgan fingerprint density at radius 2 is 1.90 bits per heavy atom. The summed E-state index contributed by atoms with van der Waals surface area (Å²) in [5.74, 6) is 0. The summed E-state index contributed by atoms with van der Waals surface area (Å²) in [5, 5.41) is 4.85. The van der Waals surface area contributed by atoms with Gasteiger partial charge in [-0.25, -0.2) is 13.4 Å². The van der Waals surface area contributed by atoms with E-state index in [1.54, 1.807) is 6.07 Å². The van der Waals surface area contributed by atoms with Crippen molar-refractivity contribution in [3.05, 3.63) is 29.3 Å². The van der Waals surface area contributed by atoms with Gasteiger partial charge in [0, 0.05) is 19.6 Å². The number of aryl methyl sites for hydroxylation is 1. The van der Waals surface area contributed by atoms with Crippen molar-refractivity contribution in [3.8, 4) is 0 Å². The summed E-state index contributed by atoms with van der Waals surface area (Å²) < 4.78 is 25.0. The molecule has 1 aliphatic heterocycles. The van der Waals surface area contributed by atoms with Crippen LogP contribution in [0.4, 0.5) is 0 Å². The summed E-state index contributed by atoms with van der Waals surface area (Å²) in [6, 6.07) is 5.56. The van der Waals surface area contributed by atoms with E-state index < -0.39 is 10.0 Å². The molecule has 20 heavy (non-hydrogen) atoms. The van der Waals surface area contributed by atoms with Crippen LogP contribution in [0.5, 0.6) is 0 Å². The zero-order valence-corrected chi connectivity index (χ0v) is 13.0. The fourth-order valence-corrected chi connectivity index (χ4v) is 3.87. The van der Waals surface area contributed by atoms with Gasteiger partial charge in [0.15, 0.2) is 0 Å². The normalized spacial score (nSPS) is 17.3. The van der Waals surface area contributed by atoms with Crippen molar-refractivity contribution in [3.63, 3.8) is 0 Å². The van der Waals surface area contributed by atoms with Gasteiger partial charge >= 0.3 is 0 Å². The van der Waals surface area contributed by atoms with Crippen LogP contribution in [0.15, 0.2) is 23.1 Å². The lowest BCUT2D eigenvalue weighted by molar-refractivity contribution is 0.200. The van der Waals surface area contributed by atoms with Gasteiger partial charge in [-0.05, 0) is 44.0 Å². The summed E-state index contributed by atoms with van der Waals surface area (Å²) in [4.78, 5) is 3.08. The van der Waals surface area contributed by atoms with Gasteiger partial charge in [0.25, 0.3) is 10.0 Å². The second-order valence-electron chi connectivity index (χ2n) is 5.27. The van der Waals surface area contributed by atoms with Gasteiger partial charge in [-0.1, -0.05) is 18.6 Å². The fourth-order valence-electron chi connectivity index (χ4n) is 2.45. The Hall–Kier alpha value is -0.950. The maximum atomic E-state index is 12.5. The minimum atomic E-state index is -3.48. The van der Waals surface area contributed by atoms with E-state index in [1.807, 2.05) is 31.1 Å². The zero-order chi connectivity index (χ0) is 14.6. The molecule has 1 aliphatic rings. The first-order valence-corrected chi connectivity index (χ1v) is 8.53. The van der Waals surface area contributed by atoms with E-state index in [1.165, 1.54) is 6.42 Å². The second kappa shape index (κ2) is 6.67. The fraction of sp³-hybridized carbons (Fsp3) is 0.571. The molecule has 1 heterocycles.